The van der Waals surface area contributed by atoms with E-state index >= 15 is 0 Å². The summed E-state index contributed by atoms with van der Waals surface area (Å²) in [6.07, 6.45) is 5.88. The maximum Gasteiger partial charge on any atom is 0.244 e. The molecule has 0 spiro atoms. The molecule has 0 atom stereocenters. The van der Waals surface area contributed by atoms with Gasteiger partial charge in [0.05, 0.1) is 22.2 Å². The number of benzene rings is 1. The van der Waals surface area contributed by atoms with Crippen molar-refractivity contribution < 1.29 is 18.0 Å². The Balaban J connectivity index is 1.61. The van der Waals surface area contributed by atoms with Gasteiger partial charge in [0.1, 0.15) is 6.54 Å². The maximum absolute atomic E-state index is 13.1. The van der Waals surface area contributed by atoms with E-state index in [9.17, 15) is 18.0 Å². The highest BCUT2D eigenvalue weighted by Gasteiger charge is 2.45. The Labute approximate surface area is 182 Å². The molecule has 1 aromatic carbocycles. The molecule has 0 bridgehead atoms. The number of fused-ring (bicyclic) bond motifs is 1. The average molecular weight is 443 g/mol. The van der Waals surface area contributed by atoms with Crippen LogP contribution in [0.1, 0.15) is 38.7 Å². The van der Waals surface area contributed by atoms with Crippen molar-refractivity contribution in [3.8, 4) is 0 Å². The lowest BCUT2D eigenvalue weighted by molar-refractivity contribution is -0.124. The van der Waals surface area contributed by atoms with Crippen LogP contribution in [0.25, 0.3) is 0 Å². The van der Waals surface area contributed by atoms with Gasteiger partial charge >= 0.3 is 0 Å². The summed E-state index contributed by atoms with van der Waals surface area (Å²) in [6, 6.07) is 8.18. The molecule has 0 saturated carbocycles. The minimum absolute atomic E-state index is 0.164. The lowest BCUT2D eigenvalue weighted by atomic mass is 9.86. The van der Waals surface area contributed by atoms with Crippen molar-refractivity contribution in [2.45, 2.75) is 43.4 Å². The first-order chi connectivity index (χ1) is 14.7. The van der Waals surface area contributed by atoms with Gasteiger partial charge in [0.2, 0.25) is 21.8 Å². The molecule has 2 aliphatic heterocycles. The Morgan fingerprint density at radius 3 is 2.58 bits per heavy atom. The molecular formula is C22H26N4O4S. The Kier molecular flexibility index (Phi) is 5.57. The zero-order chi connectivity index (χ0) is 22.2. The summed E-state index contributed by atoms with van der Waals surface area (Å²) in [6.45, 7) is 4.38. The largest absolute Gasteiger partial charge is 0.323 e. The molecule has 1 aromatic heterocycles. The van der Waals surface area contributed by atoms with Gasteiger partial charge in [-0.05, 0) is 62.6 Å². The number of piperidine rings is 1. The summed E-state index contributed by atoms with van der Waals surface area (Å²) in [5.41, 5.74) is 0.789. The van der Waals surface area contributed by atoms with Crippen LogP contribution in [0.3, 0.4) is 0 Å². The number of hydrogen-bond donors (Lipinski definition) is 1. The molecular weight excluding hydrogens is 416 g/mol. The second kappa shape index (κ2) is 8.05. The number of nitrogens with one attached hydrogen (secondary N) is 1. The van der Waals surface area contributed by atoms with E-state index in [1.165, 1.54) is 21.5 Å². The minimum atomic E-state index is -3.62. The van der Waals surface area contributed by atoms with Gasteiger partial charge in [-0.3, -0.25) is 14.6 Å². The van der Waals surface area contributed by atoms with Crippen molar-refractivity contribution in [3.63, 3.8) is 0 Å². The van der Waals surface area contributed by atoms with Crippen LogP contribution in [-0.2, 0) is 25.0 Å². The summed E-state index contributed by atoms with van der Waals surface area (Å²) in [4.78, 5) is 31.2. The first-order valence-electron chi connectivity index (χ1n) is 10.4. The van der Waals surface area contributed by atoms with Gasteiger partial charge in [-0.1, -0.05) is 6.42 Å². The second-order valence-corrected chi connectivity index (χ2v) is 10.4. The Morgan fingerprint density at radius 1 is 1.16 bits per heavy atom. The fraction of sp³-hybridized carbons (Fsp3) is 0.409. The minimum Gasteiger partial charge on any atom is -0.323 e. The predicted octanol–water partition coefficient (Wildman–Crippen LogP) is 2.52. The molecule has 31 heavy (non-hydrogen) atoms. The number of nitrogens with zero attached hydrogens (tertiary/aromatic N) is 3. The van der Waals surface area contributed by atoms with Crippen molar-refractivity contribution >= 4 is 33.2 Å². The normalized spacial score (nSPS) is 18.6. The van der Waals surface area contributed by atoms with Crippen molar-refractivity contribution in [3.05, 3.63) is 48.3 Å². The van der Waals surface area contributed by atoms with Gasteiger partial charge in [0.15, 0.2) is 0 Å². The van der Waals surface area contributed by atoms with Crippen LogP contribution in [0.5, 0.6) is 0 Å². The van der Waals surface area contributed by atoms with Crippen molar-refractivity contribution in [1.82, 2.24) is 9.29 Å². The smallest absolute Gasteiger partial charge is 0.244 e. The highest BCUT2D eigenvalue weighted by atomic mass is 32.2. The molecule has 1 saturated heterocycles. The van der Waals surface area contributed by atoms with Crippen LogP contribution in [0.15, 0.2) is 47.6 Å². The van der Waals surface area contributed by atoms with Crippen molar-refractivity contribution in [2.24, 2.45) is 0 Å². The first kappa shape index (κ1) is 21.5. The monoisotopic (exact) mass is 442 g/mol. The number of hydrogen-bond acceptors (Lipinski definition) is 5. The Hall–Kier alpha value is -2.78. The quantitative estimate of drug-likeness (QED) is 0.767. The van der Waals surface area contributed by atoms with E-state index in [4.69, 9.17) is 0 Å². The number of amides is 2. The topological polar surface area (TPSA) is 99.7 Å². The van der Waals surface area contributed by atoms with Gasteiger partial charge in [-0.25, -0.2) is 8.42 Å². The zero-order valence-electron chi connectivity index (χ0n) is 17.7. The van der Waals surface area contributed by atoms with Crippen LogP contribution in [0.4, 0.5) is 11.4 Å². The third kappa shape index (κ3) is 3.95. The fourth-order valence-electron chi connectivity index (χ4n) is 4.17. The average Bonchev–Trinajstić information content (AvgIpc) is 2.95. The third-order valence-electron chi connectivity index (χ3n) is 5.91. The Bertz CT molecular complexity index is 1110. The zero-order valence-corrected chi connectivity index (χ0v) is 18.5. The van der Waals surface area contributed by atoms with Crippen LogP contribution in [-0.4, -0.2) is 49.2 Å². The first-order valence-corrected chi connectivity index (χ1v) is 11.8. The second-order valence-electron chi connectivity index (χ2n) is 8.45. The number of sulfonamides is 1. The summed E-state index contributed by atoms with van der Waals surface area (Å²) in [5, 5.41) is 2.73. The van der Waals surface area contributed by atoms with Crippen LogP contribution in [0, 0.1) is 0 Å². The fourth-order valence-corrected chi connectivity index (χ4v) is 5.71. The van der Waals surface area contributed by atoms with Gasteiger partial charge in [-0.2, -0.15) is 4.31 Å². The van der Waals surface area contributed by atoms with Crippen LogP contribution >= 0.6 is 0 Å². The molecule has 1 N–H and O–H groups in total. The van der Waals surface area contributed by atoms with Crippen LogP contribution in [0.2, 0.25) is 0 Å². The van der Waals surface area contributed by atoms with E-state index in [1.54, 1.807) is 44.3 Å². The molecule has 0 unspecified atom stereocenters. The van der Waals surface area contributed by atoms with Gasteiger partial charge in [0, 0.05) is 25.0 Å². The van der Waals surface area contributed by atoms with Gasteiger partial charge in [0.25, 0.3) is 0 Å². The molecule has 2 aliphatic rings. The standard InChI is InChI=1S/C22H26N4O4S/c1-22(2)18-13-17(31(29,30)25-11-4-3-5-12-25)8-9-19(18)26(21(22)28)15-20(27)24-16-7-6-10-23-14-16/h6-10,13-14H,3-5,11-12,15H2,1-2H3,(H,24,27). The highest BCUT2D eigenvalue weighted by molar-refractivity contribution is 7.89. The van der Waals surface area contributed by atoms with E-state index < -0.39 is 15.4 Å². The number of carbonyl (C=O) groups is 2. The molecule has 2 amide bonds. The predicted molar refractivity (Wildman–Crippen MR) is 117 cm³/mol. The Morgan fingerprint density at radius 2 is 1.90 bits per heavy atom. The van der Waals surface area contributed by atoms with Gasteiger partial charge < -0.3 is 10.2 Å². The molecule has 1 fully saturated rings. The molecule has 9 heteroatoms. The van der Waals surface area contributed by atoms with E-state index in [2.05, 4.69) is 10.3 Å². The number of pyridine rings is 1. The summed E-state index contributed by atoms with van der Waals surface area (Å²) >= 11 is 0. The SMILES string of the molecule is CC1(C)C(=O)N(CC(=O)Nc2cccnc2)c2ccc(S(=O)(=O)N3CCCCC3)cc21. The molecule has 2 aromatic rings. The van der Waals surface area contributed by atoms with E-state index in [0.29, 0.717) is 30.0 Å². The summed E-state index contributed by atoms with van der Waals surface area (Å²) < 4.78 is 27.7. The van der Waals surface area contributed by atoms with Crippen molar-refractivity contribution in [2.75, 3.05) is 29.9 Å². The lowest BCUT2D eigenvalue weighted by Crippen LogP contribution is -2.40. The molecule has 8 nitrogen and oxygen atoms in total. The van der Waals surface area contributed by atoms with Gasteiger partial charge in [-0.15, -0.1) is 0 Å². The molecule has 0 radical (unpaired) electrons. The molecule has 0 aliphatic carbocycles. The summed E-state index contributed by atoms with van der Waals surface area (Å²) in [5.74, 6) is -0.591. The molecule has 4 rings (SSSR count). The lowest BCUT2D eigenvalue weighted by Gasteiger charge is -2.26. The molecule has 3 heterocycles. The number of rotatable bonds is 5. The van der Waals surface area contributed by atoms with Crippen LogP contribution < -0.4 is 10.2 Å². The summed E-state index contributed by atoms with van der Waals surface area (Å²) in [7, 11) is -3.62. The number of carbonyl (C=O) groups excluding carboxylic acids is 2. The maximum atomic E-state index is 13.1. The number of aromatic nitrogens is 1. The third-order valence-corrected chi connectivity index (χ3v) is 7.81. The van der Waals surface area contributed by atoms with Crippen molar-refractivity contribution in [1.29, 1.82) is 0 Å². The van der Waals surface area contributed by atoms with E-state index in [1.807, 2.05) is 0 Å². The van der Waals surface area contributed by atoms with E-state index in [-0.39, 0.29) is 23.3 Å². The van der Waals surface area contributed by atoms with E-state index in [0.717, 1.165) is 19.3 Å². The number of anilines is 2. The highest BCUT2D eigenvalue weighted by Crippen LogP contribution is 2.42. The molecule has 164 valence electrons.